The zero-order valence-electron chi connectivity index (χ0n) is 8.55. The second-order valence-electron chi connectivity index (χ2n) is 3.95. The molecular weight excluding hydrogens is 307 g/mol. The van der Waals surface area contributed by atoms with E-state index in [1.54, 1.807) is 6.20 Å². The number of halogens is 1. The fraction of sp³-hybridized carbons (Fsp3) is 0.600. The van der Waals surface area contributed by atoms with E-state index in [1.807, 2.05) is 29.5 Å². The van der Waals surface area contributed by atoms with E-state index in [1.165, 1.54) is 0 Å². The Hall–Kier alpha value is -0.430. The van der Waals surface area contributed by atoms with Crippen molar-refractivity contribution in [3.63, 3.8) is 0 Å². The summed E-state index contributed by atoms with van der Waals surface area (Å²) < 4.78 is 6.32. The standard InChI is InChI=1S/C10H13IN2O2/c1-10(4-2-3-5-15-10)9-12-6-7(11)8(14)13-9/h6H,2-5H2,1H3,(H,12,13,14). The van der Waals surface area contributed by atoms with Crippen molar-refractivity contribution < 1.29 is 4.74 Å². The number of nitrogens with one attached hydrogen (secondary N) is 1. The molecule has 1 unspecified atom stereocenters. The quantitative estimate of drug-likeness (QED) is 0.803. The number of hydrogen-bond acceptors (Lipinski definition) is 3. The fourth-order valence-corrected chi connectivity index (χ4v) is 2.04. The second-order valence-corrected chi connectivity index (χ2v) is 5.11. The van der Waals surface area contributed by atoms with Gasteiger partial charge in [-0.2, -0.15) is 0 Å². The summed E-state index contributed by atoms with van der Waals surface area (Å²) in [5.74, 6) is 0.646. The Bertz CT molecular complexity index is 410. The van der Waals surface area contributed by atoms with Crippen LogP contribution < -0.4 is 5.56 Å². The van der Waals surface area contributed by atoms with Crippen LogP contribution in [0.25, 0.3) is 0 Å². The number of hydrogen-bond donors (Lipinski definition) is 1. The summed E-state index contributed by atoms with van der Waals surface area (Å²) in [6, 6.07) is 0. The van der Waals surface area contributed by atoms with E-state index >= 15 is 0 Å². The topological polar surface area (TPSA) is 55.0 Å². The first-order valence-electron chi connectivity index (χ1n) is 5.01. The molecular formula is C10H13IN2O2. The van der Waals surface area contributed by atoms with Crippen molar-refractivity contribution in [3.8, 4) is 0 Å². The Morgan fingerprint density at radius 2 is 2.40 bits per heavy atom. The molecule has 1 aliphatic heterocycles. The van der Waals surface area contributed by atoms with Gasteiger partial charge in [0.1, 0.15) is 11.4 Å². The van der Waals surface area contributed by atoms with Crippen LogP contribution in [-0.4, -0.2) is 16.6 Å². The molecule has 82 valence electrons. The molecule has 0 saturated carbocycles. The highest BCUT2D eigenvalue weighted by molar-refractivity contribution is 14.1. The van der Waals surface area contributed by atoms with Crippen LogP contribution in [-0.2, 0) is 10.3 Å². The van der Waals surface area contributed by atoms with Gasteiger partial charge >= 0.3 is 0 Å². The molecule has 1 atom stereocenters. The number of nitrogens with zero attached hydrogens (tertiary/aromatic N) is 1. The molecule has 15 heavy (non-hydrogen) atoms. The minimum atomic E-state index is -0.415. The zero-order chi connectivity index (χ0) is 10.9. The average molecular weight is 320 g/mol. The predicted molar refractivity (Wildman–Crippen MR) is 64.7 cm³/mol. The van der Waals surface area contributed by atoms with E-state index in [9.17, 15) is 4.79 Å². The molecule has 4 nitrogen and oxygen atoms in total. The molecule has 0 aliphatic carbocycles. The second kappa shape index (κ2) is 4.21. The average Bonchev–Trinajstić information content (AvgIpc) is 2.23. The Kier molecular flexibility index (Phi) is 3.11. The third kappa shape index (κ3) is 2.23. The molecule has 0 amide bonds. The summed E-state index contributed by atoms with van der Waals surface area (Å²) in [5.41, 5.74) is -0.502. The van der Waals surface area contributed by atoms with E-state index in [0.29, 0.717) is 9.39 Å². The third-order valence-corrected chi connectivity index (χ3v) is 3.49. The van der Waals surface area contributed by atoms with Crippen LogP contribution >= 0.6 is 22.6 Å². The Balaban J connectivity index is 2.35. The number of rotatable bonds is 1. The van der Waals surface area contributed by atoms with Crippen molar-refractivity contribution in [2.75, 3.05) is 6.61 Å². The van der Waals surface area contributed by atoms with Crippen molar-refractivity contribution in [2.45, 2.75) is 31.8 Å². The summed E-state index contributed by atoms with van der Waals surface area (Å²) in [6.45, 7) is 2.73. The molecule has 1 saturated heterocycles. The lowest BCUT2D eigenvalue weighted by molar-refractivity contribution is -0.0762. The highest BCUT2D eigenvalue weighted by Crippen LogP contribution is 2.31. The van der Waals surface area contributed by atoms with Crippen LogP contribution in [0.2, 0.25) is 0 Å². The van der Waals surface area contributed by atoms with Crippen LogP contribution in [0.3, 0.4) is 0 Å². The highest BCUT2D eigenvalue weighted by atomic mass is 127. The highest BCUT2D eigenvalue weighted by Gasteiger charge is 2.32. The van der Waals surface area contributed by atoms with Crippen molar-refractivity contribution in [1.82, 2.24) is 9.97 Å². The number of aromatic amines is 1. The molecule has 2 heterocycles. The lowest BCUT2D eigenvalue weighted by Crippen LogP contribution is -2.34. The van der Waals surface area contributed by atoms with E-state index < -0.39 is 5.60 Å². The van der Waals surface area contributed by atoms with Crippen LogP contribution in [0.15, 0.2) is 11.0 Å². The maximum Gasteiger partial charge on any atom is 0.264 e. The summed E-state index contributed by atoms with van der Waals surface area (Å²) in [5, 5.41) is 0. The summed E-state index contributed by atoms with van der Waals surface area (Å²) in [6.07, 6.45) is 4.71. The monoisotopic (exact) mass is 320 g/mol. The molecule has 0 bridgehead atoms. The summed E-state index contributed by atoms with van der Waals surface area (Å²) in [4.78, 5) is 18.5. The maximum atomic E-state index is 11.5. The SMILES string of the molecule is CC1(c2ncc(I)c(=O)[nH]2)CCCCO1. The normalized spacial score (nSPS) is 26.5. The van der Waals surface area contributed by atoms with Gasteiger partial charge in [-0.05, 0) is 48.8 Å². The van der Waals surface area contributed by atoms with Gasteiger partial charge in [-0.25, -0.2) is 4.98 Å². The molecule has 1 N–H and O–H groups in total. The van der Waals surface area contributed by atoms with E-state index in [-0.39, 0.29) is 5.56 Å². The first kappa shape index (κ1) is 11.1. The van der Waals surface area contributed by atoms with E-state index in [0.717, 1.165) is 25.9 Å². The van der Waals surface area contributed by atoms with E-state index in [4.69, 9.17) is 4.74 Å². The molecule has 5 heteroatoms. The number of aromatic nitrogens is 2. The van der Waals surface area contributed by atoms with Crippen LogP contribution in [0, 0.1) is 3.57 Å². The summed E-state index contributed by atoms with van der Waals surface area (Å²) >= 11 is 1.97. The molecule has 0 aromatic carbocycles. The molecule has 0 radical (unpaired) electrons. The van der Waals surface area contributed by atoms with Gasteiger partial charge in [-0.3, -0.25) is 4.79 Å². The fourth-order valence-electron chi connectivity index (χ4n) is 1.77. The van der Waals surface area contributed by atoms with Gasteiger partial charge in [-0.15, -0.1) is 0 Å². The molecule has 0 spiro atoms. The Labute approximate surface area is 102 Å². The van der Waals surface area contributed by atoms with Gasteiger partial charge in [0.05, 0.1) is 3.57 Å². The first-order valence-corrected chi connectivity index (χ1v) is 6.09. The number of H-pyrrole nitrogens is 1. The zero-order valence-corrected chi connectivity index (χ0v) is 10.7. The van der Waals surface area contributed by atoms with Crippen LogP contribution in [0.5, 0.6) is 0 Å². The van der Waals surface area contributed by atoms with Gasteiger partial charge in [0.15, 0.2) is 0 Å². The molecule has 1 fully saturated rings. The maximum absolute atomic E-state index is 11.5. The van der Waals surface area contributed by atoms with Gasteiger partial charge in [-0.1, -0.05) is 0 Å². The predicted octanol–water partition coefficient (Wildman–Crippen LogP) is 1.79. The minimum absolute atomic E-state index is 0.0870. The van der Waals surface area contributed by atoms with Gasteiger partial charge in [0, 0.05) is 12.8 Å². The van der Waals surface area contributed by atoms with Crippen molar-refractivity contribution in [2.24, 2.45) is 0 Å². The van der Waals surface area contributed by atoms with Gasteiger partial charge < -0.3 is 9.72 Å². The van der Waals surface area contributed by atoms with Crippen molar-refractivity contribution >= 4 is 22.6 Å². The third-order valence-electron chi connectivity index (χ3n) is 2.73. The van der Waals surface area contributed by atoms with Crippen LogP contribution in [0.4, 0.5) is 0 Å². The smallest absolute Gasteiger partial charge is 0.264 e. The van der Waals surface area contributed by atoms with Gasteiger partial charge in [0.25, 0.3) is 5.56 Å². The Morgan fingerprint density at radius 1 is 1.60 bits per heavy atom. The van der Waals surface area contributed by atoms with E-state index in [2.05, 4.69) is 9.97 Å². The van der Waals surface area contributed by atoms with Crippen molar-refractivity contribution in [1.29, 1.82) is 0 Å². The lowest BCUT2D eigenvalue weighted by Gasteiger charge is -2.32. The molecule has 1 aliphatic rings. The largest absolute Gasteiger partial charge is 0.367 e. The minimum Gasteiger partial charge on any atom is -0.367 e. The van der Waals surface area contributed by atoms with Crippen LogP contribution in [0.1, 0.15) is 32.0 Å². The molecule has 1 aromatic heterocycles. The number of ether oxygens (including phenoxy) is 1. The van der Waals surface area contributed by atoms with Crippen molar-refractivity contribution in [3.05, 3.63) is 25.9 Å². The first-order chi connectivity index (χ1) is 7.12. The molecule has 2 rings (SSSR count). The summed E-state index contributed by atoms with van der Waals surface area (Å²) in [7, 11) is 0. The lowest BCUT2D eigenvalue weighted by atomic mass is 9.95. The Morgan fingerprint density at radius 3 is 3.00 bits per heavy atom. The van der Waals surface area contributed by atoms with Gasteiger partial charge in [0.2, 0.25) is 0 Å². The molecule has 1 aromatic rings.